The number of aromatic nitrogens is 1. The number of H-pyrrole nitrogens is 1. The standard InChI is InChI=1S/C13H20N6OS/c1-2-19-11-8(3-4-16-11)10(18-13(19)14)17-12(20)9-7-15-5-6-21-9/h3-4,7,10,13,15-16,18H,2,5-6,14H2,1H3,(H,17,20)/t10?,13-/m0/s1. The number of carbonyl (C=O) groups is 1. The predicted molar refractivity (Wildman–Crippen MR) is 84.4 cm³/mol. The van der Waals surface area contributed by atoms with Gasteiger partial charge in [-0.25, -0.2) is 0 Å². The molecule has 3 heterocycles. The van der Waals surface area contributed by atoms with E-state index in [1.54, 1.807) is 18.0 Å². The number of aromatic amines is 1. The minimum Gasteiger partial charge on any atom is -0.389 e. The fraction of sp³-hybridized carbons (Fsp3) is 0.462. The van der Waals surface area contributed by atoms with E-state index in [-0.39, 0.29) is 18.4 Å². The fourth-order valence-electron chi connectivity index (χ4n) is 2.58. The van der Waals surface area contributed by atoms with Gasteiger partial charge in [-0.1, -0.05) is 0 Å². The smallest absolute Gasteiger partial charge is 0.260 e. The maximum atomic E-state index is 12.3. The molecule has 0 fully saturated rings. The molecule has 2 atom stereocenters. The Labute approximate surface area is 127 Å². The Morgan fingerprint density at radius 1 is 1.62 bits per heavy atom. The van der Waals surface area contributed by atoms with Gasteiger partial charge in [0.05, 0.1) is 4.91 Å². The number of rotatable bonds is 3. The van der Waals surface area contributed by atoms with Gasteiger partial charge in [0.1, 0.15) is 18.3 Å². The summed E-state index contributed by atoms with van der Waals surface area (Å²) in [5.41, 5.74) is 7.12. The molecule has 0 bridgehead atoms. The van der Waals surface area contributed by atoms with Crippen LogP contribution >= 0.6 is 11.8 Å². The number of thioether (sulfide) groups is 1. The Hall–Kier alpha value is -1.64. The number of fused-ring (bicyclic) bond motifs is 1. The van der Waals surface area contributed by atoms with E-state index in [1.165, 1.54) is 0 Å². The van der Waals surface area contributed by atoms with Gasteiger partial charge in [0, 0.05) is 36.8 Å². The average molecular weight is 308 g/mol. The summed E-state index contributed by atoms with van der Waals surface area (Å²) < 4.78 is 0. The molecule has 1 unspecified atom stereocenters. The van der Waals surface area contributed by atoms with E-state index < -0.39 is 0 Å². The summed E-state index contributed by atoms with van der Waals surface area (Å²) >= 11 is 1.56. The molecule has 114 valence electrons. The quantitative estimate of drug-likeness (QED) is 0.538. The maximum absolute atomic E-state index is 12.3. The number of nitrogens with one attached hydrogen (secondary N) is 4. The number of amides is 1. The van der Waals surface area contributed by atoms with Crippen LogP contribution in [0.25, 0.3) is 0 Å². The molecule has 3 rings (SSSR count). The minimum absolute atomic E-state index is 0.0889. The van der Waals surface area contributed by atoms with Gasteiger partial charge in [-0.15, -0.1) is 11.8 Å². The van der Waals surface area contributed by atoms with Crippen LogP contribution in [0.1, 0.15) is 18.7 Å². The second-order valence-corrected chi connectivity index (χ2v) is 6.03. The number of anilines is 1. The van der Waals surface area contributed by atoms with E-state index in [9.17, 15) is 4.79 Å². The van der Waals surface area contributed by atoms with Crippen molar-refractivity contribution in [2.75, 3.05) is 23.7 Å². The number of hydrogen-bond acceptors (Lipinski definition) is 6. The van der Waals surface area contributed by atoms with E-state index in [0.717, 1.165) is 30.2 Å². The van der Waals surface area contributed by atoms with Crippen molar-refractivity contribution in [3.63, 3.8) is 0 Å². The molecule has 0 aliphatic carbocycles. The molecule has 0 radical (unpaired) electrons. The molecule has 0 aromatic carbocycles. The fourth-order valence-corrected chi connectivity index (χ4v) is 3.37. The van der Waals surface area contributed by atoms with Crippen LogP contribution < -0.4 is 26.6 Å². The number of carbonyl (C=O) groups excluding carboxylic acids is 1. The average Bonchev–Trinajstić information content (AvgIpc) is 2.98. The highest BCUT2D eigenvalue weighted by atomic mass is 32.2. The topological polar surface area (TPSA) is 98.2 Å². The Morgan fingerprint density at radius 2 is 2.48 bits per heavy atom. The molecule has 7 nitrogen and oxygen atoms in total. The third-order valence-electron chi connectivity index (χ3n) is 3.60. The molecule has 1 amide bonds. The molecular weight excluding hydrogens is 288 g/mol. The molecule has 0 spiro atoms. The Bertz CT molecular complexity index is 557. The van der Waals surface area contributed by atoms with Crippen LogP contribution in [-0.4, -0.2) is 36.0 Å². The molecule has 1 aromatic rings. The van der Waals surface area contributed by atoms with Crippen molar-refractivity contribution in [1.29, 1.82) is 0 Å². The van der Waals surface area contributed by atoms with Crippen LogP contribution in [0.5, 0.6) is 0 Å². The first-order chi connectivity index (χ1) is 10.2. The molecule has 8 heteroatoms. The minimum atomic E-state index is -0.336. The number of nitrogens with two attached hydrogens (primary N) is 1. The van der Waals surface area contributed by atoms with E-state index in [0.29, 0.717) is 4.91 Å². The van der Waals surface area contributed by atoms with Crippen molar-refractivity contribution < 1.29 is 4.79 Å². The van der Waals surface area contributed by atoms with Crippen LogP contribution in [0.2, 0.25) is 0 Å². The van der Waals surface area contributed by atoms with Crippen molar-refractivity contribution in [2.45, 2.75) is 19.4 Å². The number of nitrogens with zero attached hydrogens (tertiary/aromatic N) is 1. The summed E-state index contributed by atoms with van der Waals surface area (Å²) in [5.74, 6) is 1.77. The lowest BCUT2D eigenvalue weighted by Crippen LogP contribution is -2.59. The van der Waals surface area contributed by atoms with E-state index >= 15 is 0 Å². The van der Waals surface area contributed by atoms with Crippen LogP contribution in [0, 0.1) is 0 Å². The van der Waals surface area contributed by atoms with Crippen molar-refractivity contribution in [3.05, 3.63) is 28.9 Å². The van der Waals surface area contributed by atoms with Crippen LogP contribution in [0.3, 0.4) is 0 Å². The third-order valence-corrected chi connectivity index (χ3v) is 4.63. The van der Waals surface area contributed by atoms with Gasteiger partial charge in [0.15, 0.2) is 0 Å². The maximum Gasteiger partial charge on any atom is 0.260 e. The van der Waals surface area contributed by atoms with Crippen molar-refractivity contribution in [3.8, 4) is 0 Å². The van der Waals surface area contributed by atoms with Gasteiger partial charge in [-0.05, 0) is 13.0 Å². The third kappa shape index (κ3) is 2.74. The summed E-state index contributed by atoms with van der Waals surface area (Å²) in [6, 6.07) is 1.96. The predicted octanol–water partition coefficient (Wildman–Crippen LogP) is -0.0209. The Morgan fingerprint density at radius 3 is 3.19 bits per heavy atom. The van der Waals surface area contributed by atoms with E-state index in [4.69, 9.17) is 5.73 Å². The van der Waals surface area contributed by atoms with E-state index in [2.05, 4.69) is 20.9 Å². The molecule has 0 saturated carbocycles. The van der Waals surface area contributed by atoms with Gasteiger partial charge >= 0.3 is 0 Å². The first kappa shape index (κ1) is 14.3. The summed E-state index contributed by atoms with van der Waals surface area (Å²) in [7, 11) is 0. The van der Waals surface area contributed by atoms with Gasteiger partial charge < -0.3 is 20.5 Å². The van der Waals surface area contributed by atoms with Crippen LogP contribution in [0.15, 0.2) is 23.4 Å². The normalized spacial score (nSPS) is 24.9. The summed E-state index contributed by atoms with van der Waals surface area (Å²) in [6.07, 6.45) is 3.00. The number of hydrogen-bond donors (Lipinski definition) is 5. The van der Waals surface area contributed by atoms with Gasteiger partial charge in [0.2, 0.25) is 0 Å². The van der Waals surface area contributed by atoms with E-state index in [1.807, 2.05) is 24.1 Å². The summed E-state index contributed by atoms with van der Waals surface area (Å²) in [6.45, 7) is 3.72. The molecule has 6 N–H and O–H groups in total. The summed E-state index contributed by atoms with van der Waals surface area (Å²) in [5, 5.41) is 9.31. The highest BCUT2D eigenvalue weighted by molar-refractivity contribution is 8.04. The molecule has 1 aromatic heterocycles. The van der Waals surface area contributed by atoms with Gasteiger partial charge in [-0.3, -0.25) is 15.8 Å². The zero-order valence-corrected chi connectivity index (χ0v) is 12.7. The first-order valence-corrected chi connectivity index (χ1v) is 8.02. The molecule has 2 aliphatic heterocycles. The monoisotopic (exact) mass is 308 g/mol. The Balaban J connectivity index is 1.77. The second-order valence-electron chi connectivity index (χ2n) is 4.90. The highest BCUT2D eigenvalue weighted by Crippen LogP contribution is 2.29. The molecule has 2 aliphatic rings. The largest absolute Gasteiger partial charge is 0.389 e. The first-order valence-electron chi connectivity index (χ1n) is 7.03. The van der Waals surface area contributed by atoms with Gasteiger partial charge in [-0.2, -0.15) is 0 Å². The lowest BCUT2D eigenvalue weighted by molar-refractivity contribution is -0.117. The van der Waals surface area contributed by atoms with Crippen LogP contribution in [0.4, 0.5) is 5.82 Å². The Kier molecular flexibility index (Phi) is 4.09. The van der Waals surface area contributed by atoms with Crippen molar-refractivity contribution in [1.82, 2.24) is 20.9 Å². The molecule has 21 heavy (non-hydrogen) atoms. The SMILES string of the molecule is CCN1c2[nH]ccc2C(NC(=O)C2=CNCCS2)N[C@@H]1N. The van der Waals surface area contributed by atoms with Gasteiger partial charge in [0.25, 0.3) is 5.91 Å². The summed E-state index contributed by atoms with van der Waals surface area (Å²) in [4.78, 5) is 18.2. The lowest BCUT2D eigenvalue weighted by atomic mass is 10.2. The zero-order valence-electron chi connectivity index (χ0n) is 11.8. The van der Waals surface area contributed by atoms with Crippen LogP contribution in [-0.2, 0) is 4.79 Å². The zero-order chi connectivity index (χ0) is 14.8. The second kappa shape index (κ2) is 6.00. The molecule has 0 saturated heterocycles. The molecular formula is C13H20N6OS. The lowest BCUT2D eigenvalue weighted by Gasteiger charge is -2.39. The van der Waals surface area contributed by atoms with Crippen molar-refractivity contribution >= 4 is 23.5 Å². The van der Waals surface area contributed by atoms with Crippen molar-refractivity contribution in [2.24, 2.45) is 5.73 Å². The highest BCUT2D eigenvalue weighted by Gasteiger charge is 2.31.